The minimum absolute atomic E-state index is 2.09. The number of halogens is 1. The van der Waals surface area contributed by atoms with Gasteiger partial charge in [0.15, 0.2) is 0 Å². The van der Waals surface area contributed by atoms with Crippen LogP contribution in [0.4, 0.5) is 0 Å². The van der Waals surface area contributed by atoms with Crippen LogP contribution in [0.25, 0.3) is 0 Å². The molecule has 0 rings (SSSR count). The summed E-state index contributed by atoms with van der Waals surface area (Å²) < 4.78 is 51.1. The first kappa shape index (κ1) is 46.6. The van der Waals surface area contributed by atoms with Crippen LogP contribution >= 0.6 is 60.8 Å². The summed E-state index contributed by atoms with van der Waals surface area (Å²) in [4.78, 5) is 0. The maximum Gasteiger partial charge on any atom is 0.502 e. The first-order chi connectivity index (χ1) is 20.1. The highest BCUT2D eigenvalue weighted by atomic mass is 127. The van der Waals surface area contributed by atoms with Gasteiger partial charge in [-0.05, 0) is 173 Å². The molecule has 0 aromatic carbocycles. The highest BCUT2D eigenvalue weighted by Crippen LogP contribution is 2.86. The van der Waals surface area contributed by atoms with Crippen LogP contribution in [0, 0.1) is 0 Å². The zero-order chi connectivity index (χ0) is 36.3. The van der Waals surface area contributed by atoms with E-state index < -0.39 is 37.9 Å². The Balaban J connectivity index is 10.2. The van der Waals surface area contributed by atoms with Crippen molar-refractivity contribution in [2.24, 2.45) is 18.1 Å². The molecule has 0 radical (unpaired) electrons. The molecule has 0 fully saturated rings. The van der Waals surface area contributed by atoms with E-state index in [9.17, 15) is 0 Å². The minimum Gasteiger partial charge on any atom is -0.249 e. The number of nitrogens with zero attached hydrogens (tertiary/aromatic N) is 16. The van der Waals surface area contributed by atoms with Gasteiger partial charge in [0.25, 0.3) is 0 Å². The molecule has 0 aromatic rings. The number of hydrogen-bond donors (Lipinski definition) is 0. The van der Waals surface area contributed by atoms with E-state index in [-0.39, 0.29) is 0 Å². The Bertz CT molecular complexity index is 882. The second-order valence-corrected chi connectivity index (χ2v) is 32.6. The molecule has 16 nitrogen and oxygen atoms in total. The summed E-state index contributed by atoms with van der Waals surface area (Å²) in [5.41, 5.74) is 0. The standard InChI is InChI=1S/C23H69IN16P5/c1-29(2)42(30(3)4,31(5)6)25-41(26-43(32(7)8,33(9)10)34(11)12,27-44(35(13)14,36(15)16)37(17)18)28-45(38(19)20,39(21)22)40(23)24/h1-23H3/q+1. The molecule has 45 heavy (non-hydrogen) atoms. The maximum absolute atomic E-state index is 6.07. The van der Waals surface area contributed by atoms with Gasteiger partial charge in [-0.15, -0.1) is 0 Å². The van der Waals surface area contributed by atoms with Crippen molar-refractivity contribution in [2.45, 2.75) is 0 Å². The van der Waals surface area contributed by atoms with E-state index in [1.807, 2.05) is 0 Å². The average Bonchev–Trinajstić information content (AvgIpc) is 2.84. The fourth-order valence-electron chi connectivity index (χ4n) is 5.76. The molecule has 0 saturated carbocycles. The maximum atomic E-state index is 6.07. The smallest absolute Gasteiger partial charge is 0.249 e. The topological polar surface area (TPSA) is 88.3 Å². The Hall–Kier alpha value is 1.60. The molecule has 272 valence electrons. The van der Waals surface area contributed by atoms with Crippen molar-refractivity contribution in [3.05, 3.63) is 0 Å². The molecule has 0 N–H and O–H groups in total. The molecule has 22 heteroatoms. The first-order valence-corrected chi connectivity index (χ1v) is 23.4. The van der Waals surface area contributed by atoms with Crippen LogP contribution in [-0.4, -0.2) is 216 Å². The van der Waals surface area contributed by atoms with E-state index in [0.29, 0.717) is 0 Å². The summed E-state index contributed by atoms with van der Waals surface area (Å²) in [7, 11) is 34.6. The van der Waals surface area contributed by atoms with E-state index in [4.69, 9.17) is 18.1 Å². The highest BCUT2D eigenvalue weighted by Gasteiger charge is 2.56. The Morgan fingerprint density at radius 2 is 0.422 bits per heavy atom. The van der Waals surface area contributed by atoms with Gasteiger partial charge in [-0.25, -0.2) is 51.4 Å². The molecule has 0 aliphatic heterocycles. The van der Waals surface area contributed by atoms with Gasteiger partial charge in [0.2, 0.25) is 30.0 Å². The average molecular weight is 852 g/mol. The first-order valence-electron chi connectivity index (χ1n) is 14.5. The fraction of sp³-hybridized carbons (Fsp3) is 1.00. The molecular weight excluding hydrogens is 782 g/mol. The van der Waals surface area contributed by atoms with E-state index in [1.165, 1.54) is 0 Å². The summed E-state index contributed by atoms with van der Waals surface area (Å²) in [6.45, 7) is 0. The number of hydrogen-bond acceptors (Lipinski definition) is 4. The van der Waals surface area contributed by atoms with Crippen molar-refractivity contribution >= 4 is 60.8 Å². The predicted octanol–water partition coefficient (Wildman–Crippen LogP) is 5.91. The molecule has 0 bridgehead atoms. The van der Waals surface area contributed by atoms with Crippen molar-refractivity contribution < 1.29 is 0 Å². The predicted molar refractivity (Wildman–Crippen MR) is 217 cm³/mol. The lowest BCUT2D eigenvalue weighted by Crippen LogP contribution is -2.33. The van der Waals surface area contributed by atoms with Gasteiger partial charge in [-0.1, -0.05) is 0 Å². The van der Waals surface area contributed by atoms with Crippen molar-refractivity contribution in [2.75, 3.05) is 162 Å². The van der Waals surface area contributed by atoms with Crippen LogP contribution in [-0.2, 0) is 0 Å². The van der Waals surface area contributed by atoms with Gasteiger partial charge in [-0.2, -0.15) is 2.88 Å². The van der Waals surface area contributed by atoms with Gasteiger partial charge < -0.3 is 0 Å². The monoisotopic (exact) mass is 851 g/mol. The summed E-state index contributed by atoms with van der Waals surface area (Å²) >= 11 is 2.39. The van der Waals surface area contributed by atoms with Crippen LogP contribution in [0.15, 0.2) is 18.1 Å². The summed E-state index contributed by atoms with van der Waals surface area (Å²) in [6.07, 6.45) is 0. The second-order valence-electron chi connectivity index (χ2n) is 12.8. The largest absolute Gasteiger partial charge is 0.502 e. The van der Waals surface area contributed by atoms with Crippen molar-refractivity contribution in [3.8, 4) is 0 Å². The van der Waals surface area contributed by atoms with Crippen molar-refractivity contribution in [3.63, 3.8) is 0 Å². The lowest BCUT2D eigenvalue weighted by Gasteiger charge is -2.44. The third kappa shape index (κ3) is 9.10. The van der Waals surface area contributed by atoms with Gasteiger partial charge in [0.05, 0.1) is 0 Å². The summed E-state index contributed by atoms with van der Waals surface area (Å²) in [5, 5.41) is 0. The zero-order valence-electron chi connectivity index (χ0n) is 32.8. The lowest BCUT2D eigenvalue weighted by molar-refractivity contribution is 0.472. The summed E-state index contributed by atoms with van der Waals surface area (Å²) in [6, 6.07) is 0. The highest BCUT2D eigenvalue weighted by molar-refractivity contribution is 14.1. The fourth-order valence-corrected chi connectivity index (χ4v) is 32.4. The Kier molecular flexibility index (Phi) is 18.3. The van der Waals surface area contributed by atoms with Crippen molar-refractivity contribution in [1.82, 2.24) is 54.3 Å². The summed E-state index contributed by atoms with van der Waals surface area (Å²) in [5.74, 6) is 0. The van der Waals surface area contributed by atoms with Crippen LogP contribution < -0.4 is 0 Å². The molecule has 0 atom stereocenters. The molecule has 0 aliphatic carbocycles. The van der Waals surface area contributed by atoms with Crippen LogP contribution in [0.5, 0.6) is 0 Å². The quantitative estimate of drug-likeness (QED) is 0.105. The molecule has 0 heterocycles. The number of rotatable bonds is 16. The lowest BCUT2D eigenvalue weighted by atomic mass is 11.2. The Morgan fingerprint density at radius 1 is 0.289 bits per heavy atom. The van der Waals surface area contributed by atoms with Crippen LogP contribution in [0.1, 0.15) is 0 Å². The second kappa shape index (κ2) is 17.7. The van der Waals surface area contributed by atoms with Crippen LogP contribution in [0.2, 0.25) is 0 Å². The van der Waals surface area contributed by atoms with Gasteiger partial charge in [0, 0.05) is 29.9 Å². The van der Waals surface area contributed by atoms with Gasteiger partial charge in [-0.3, -0.25) is 0 Å². The van der Waals surface area contributed by atoms with Crippen molar-refractivity contribution in [1.29, 1.82) is 0 Å². The van der Waals surface area contributed by atoms with Gasteiger partial charge >= 0.3 is 7.87 Å². The van der Waals surface area contributed by atoms with E-state index >= 15 is 0 Å². The molecule has 0 amide bonds. The van der Waals surface area contributed by atoms with E-state index in [0.717, 1.165) is 0 Å². The zero-order valence-corrected chi connectivity index (χ0v) is 39.4. The molecule has 0 aromatic heterocycles. The third-order valence-electron chi connectivity index (χ3n) is 7.23. The third-order valence-corrected chi connectivity index (χ3v) is 29.2. The molecule has 0 spiro atoms. The molecular formula is C23H69IN16P5+. The minimum atomic E-state index is -3.44. The molecule has 0 aliphatic rings. The van der Waals surface area contributed by atoms with Gasteiger partial charge in [0.1, 0.15) is 0 Å². The Morgan fingerprint density at radius 3 is 0.533 bits per heavy atom. The normalized spacial score (nSPS) is 14.8. The van der Waals surface area contributed by atoms with Crippen LogP contribution in [0.3, 0.4) is 0 Å². The van der Waals surface area contributed by atoms with E-state index in [2.05, 4.69) is 239 Å². The molecule has 0 saturated heterocycles. The molecule has 0 unspecified atom stereocenters. The van der Waals surface area contributed by atoms with E-state index in [1.54, 1.807) is 0 Å². The Labute approximate surface area is 293 Å². The SMILES string of the molecule is CN(C)P(=N[P+](N=P(N(C)C)(N(C)C)N(C)C)(N=P(N(C)C)(N(C)C)N(C)C)N=P(N(C)C)(N(C)C)N(C)I)(N(C)C)N(C)C.